The van der Waals surface area contributed by atoms with Crippen molar-refractivity contribution >= 4 is 17.5 Å². The number of para-hydroxylation sites is 1. The molecule has 0 saturated carbocycles. The maximum Gasteiger partial charge on any atom is 0.350 e. The van der Waals surface area contributed by atoms with Crippen LogP contribution >= 0.6 is 0 Å². The molecule has 1 aliphatic rings. The minimum Gasteiger partial charge on any atom is -0.376 e. The summed E-state index contributed by atoms with van der Waals surface area (Å²) in [5, 5.41) is 4.90. The van der Waals surface area contributed by atoms with E-state index < -0.39 is 23.3 Å². The molecule has 1 saturated heterocycles. The van der Waals surface area contributed by atoms with E-state index in [9.17, 15) is 18.4 Å². The second kappa shape index (κ2) is 8.26. The van der Waals surface area contributed by atoms with Gasteiger partial charge in [-0.15, -0.1) is 0 Å². The van der Waals surface area contributed by atoms with Crippen molar-refractivity contribution in [2.45, 2.75) is 24.9 Å². The molecular weight excluding hydrogens is 354 g/mol. The standard InChI is InChI=1S/C20H20F2N2O3/c21-20(22,14-7-2-1-3-8-14)19(26)24-17-11-5-4-10-16(17)18(25)23-13-15-9-6-12-27-15/h1-5,7-8,10-11,15H,6,9,12-13H2,(H,23,25)(H,24,26)/t15-/m1/s1. The Labute approximate surface area is 155 Å². The third kappa shape index (κ3) is 4.49. The van der Waals surface area contributed by atoms with Gasteiger partial charge in [0.05, 0.1) is 17.4 Å². The van der Waals surface area contributed by atoms with Crippen molar-refractivity contribution in [3.8, 4) is 0 Å². The van der Waals surface area contributed by atoms with Gasteiger partial charge in [0, 0.05) is 18.7 Å². The maximum atomic E-state index is 14.4. The van der Waals surface area contributed by atoms with E-state index in [0.29, 0.717) is 13.2 Å². The number of amides is 2. The number of carbonyl (C=O) groups is 2. The fourth-order valence-corrected chi connectivity index (χ4v) is 2.88. The second-order valence-corrected chi connectivity index (χ2v) is 6.29. The summed E-state index contributed by atoms with van der Waals surface area (Å²) in [6.45, 7) is 1.00. The average molecular weight is 374 g/mol. The van der Waals surface area contributed by atoms with Crippen LogP contribution in [-0.2, 0) is 15.5 Å². The first-order valence-electron chi connectivity index (χ1n) is 8.72. The molecule has 3 rings (SSSR count). The smallest absolute Gasteiger partial charge is 0.350 e. The van der Waals surface area contributed by atoms with Crippen molar-refractivity contribution in [3.05, 3.63) is 65.7 Å². The first-order chi connectivity index (χ1) is 13.0. The molecule has 142 valence electrons. The lowest BCUT2D eigenvalue weighted by molar-refractivity contribution is -0.140. The highest BCUT2D eigenvalue weighted by atomic mass is 19.3. The Morgan fingerprint density at radius 3 is 2.48 bits per heavy atom. The highest BCUT2D eigenvalue weighted by Gasteiger charge is 2.41. The number of benzene rings is 2. The Bertz CT molecular complexity index is 806. The number of rotatable bonds is 6. The van der Waals surface area contributed by atoms with Crippen molar-refractivity contribution in [2.75, 3.05) is 18.5 Å². The van der Waals surface area contributed by atoms with Crippen LogP contribution in [0.15, 0.2) is 54.6 Å². The van der Waals surface area contributed by atoms with Gasteiger partial charge in [-0.25, -0.2) is 0 Å². The zero-order valence-corrected chi connectivity index (χ0v) is 14.6. The molecule has 2 amide bonds. The Morgan fingerprint density at radius 2 is 1.78 bits per heavy atom. The van der Waals surface area contributed by atoms with E-state index in [0.717, 1.165) is 12.8 Å². The predicted octanol–water partition coefficient (Wildman–Crippen LogP) is 3.33. The first kappa shape index (κ1) is 19.0. The molecule has 0 bridgehead atoms. The van der Waals surface area contributed by atoms with Crippen LogP contribution in [0.4, 0.5) is 14.5 Å². The highest BCUT2D eigenvalue weighted by Crippen LogP contribution is 2.30. The van der Waals surface area contributed by atoms with Gasteiger partial charge in [0.1, 0.15) is 0 Å². The first-order valence-corrected chi connectivity index (χ1v) is 8.72. The van der Waals surface area contributed by atoms with E-state index in [1.807, 2.05) is 0 Å². The third-order valence-corrected chi connectivity index (χ3v) is 4.36. The number of nitrogens with one attached hydrogen (secondary N) is 2. The Kier molecular flexibility index (Phi) is 5.81. The SMILES string of the molecule is O=C(NC[C@H]1CCCO1)c1ccccc1NC(=O)C(F)(F)c1ccccc1. The van der Waals surface area contributed by atoms with E-state index in [1.54, 1.807) is 18.2 Å². The van der Waals surface area contributed by atoms with Crippen molar-refractivity contribution in [1.82, 2.24) is 5.32 Å². The van der Waals surface area contributed by atoms with Crippen LogP contribution in [0.1, 0.15) is 28.8 Å². The zero-order valence-electron chi connectivity index (χ0n) is 14.6. The van der Waals surface area contributed by atoms with E-state index in [4.69, 9.17) is 4.74 Å². The normalized spacial score (nSPS) is 16.7. The highest BCUT2D eigenvalue weighted by molar-refractivity contribution is 6.05. The molecule has 1 fully saturated rings. The number of carbonyl (C=O) groups excluding carboxylic acids is 2. The summed E-state index contributed by atoms with van der Waals surface area (Å²) in [5.41, 5.74) is -0.265. The lowest BCUT2D eigenvalue weighted by Gasteiger charge is -2.18. The molecule has 5 nitrogen and oxygen atoms in total. The number of hydrogen-bond acceptors (Lipinski definition) is 3. The molecule has 0 radical (unpaired) electrons. The Morgan fingerprint density at radius 1 is 1.07 bits per heavy atom. The third-order valence-electron chi connectivity index (χ3n) is 4.36. The number of alkyl halides is 2. The summed E-state index contributed by atoms with van der Waals surface area (Å²) < 4.78 is 34.2. The van der Waals surface area contributed by atoms with Crippen LogP contribution in [0, 0.1) is 0 Å². The summed E-state index contributed by atoms with van der Waals surface area (Å²) in [6.07, 6.45) is 1.77. The Hall–Kier alpha value is -2.80. The number of halogens is 2. The van der Waals surface area contributed by atoms with Gasteiger partial charge < -0.3 is 15.4 Å². The lowest BCUT2D eigenvalue weighted by Crippen LogP contribution is -2.35. The molecule has 0 spiro atoms. The van der Waals surface area contributed by atoms with Crippen molar-refractivity contribution in [2.24, 2.45) is 0 Å². The van der Waals surface area contributed by atoms with Gasteiger partial charge >= 0.3 is 5.92 Å². The van der Waals surface area contributed by atoms with E-state index >= 15 is 0 Å². The summed E-state index contributed by atoms with van der Waals surface area (Å²) in [6, 6.07) is 12.9. The molecule has 2 N–H and O–H groups in total. The molecule has 2 aromatic rings. The van der Waals surface area contributed by atoms with Crippen LogP contribution in [0.5, 0.6) is 0 Å². The summed E-state index contributed by atoms with van der Waals surface area (Å²) in [7, 11) is 0. The van der Waals surface area contributed by atoms with Crippen molar-refractivity contribution < 1.29 is 23.1 Å². The molecule has 0 aliphatic carbocycles. The molecule has 1 heterocycles. The summed E-state index contributed by atoms with van der Waals surface area (Å²) >= 11 is 0. The molecule has 1 atom stereocenters. The fourth-order valence-electron chi connectivity index (χ4n) is 2.88. The Balaban J connectivity index is 1.71. The van der Waals surface area contributed by atoms with Crippen LogP contribution in [0.25, 0.3) is 0 Å². The summed E-state index contributed by atoms with van der Waals surface area (Å²) in [4.78, 5) is 24.6. The van der Waals surface area contributed by atoms with Crippen LogP contribution in [0.2, 0.25) is 0 Å². The molecule has 27 heavy (non-hydrogen) atoms. The quantitative estimate of drug-likeness (QED) is 0.815. The summed E-state index contributed by atoms with van der Waals surface area (Å²) in [5.74, 6) is -5.67. The van der Waals surface area contributed by atoms with Gasteiger partial charge in [-0.2, -0.15) is 8.78 Å². The van der Waals surface area contributed by atoms with Gasteiger partial charge in [0.15, 0.2) is 0 Å². The number of anilines is 1. The van der Waals surface area contributed by atoms with Gasteiger partial charge in [0.2, 0.25) is 0 Å². The van der Waals surface area contributed by atoms with Crippen molar-refractivity contribution in [3.63, 3.8) is 0 Å². The fraction of sp³-hybridized carbons (Fsp3) is 0.300. The van der Waals surface area contributed by atoms with E-state index in [-0.39, 0.29) is 17.4 Å². The second-order valence-electron chi connectivity index (χ2n) is 6.29. The maximum absolute atomic E-state index is 14.4. The monoisotopic (exact) mass is 374 g/mol. The van der Waals surface area contributed by atoms with Gasteiger partial charge in [-0.3, -0.25) is 9.59 Å². The minimum atomic E-state index is -3.72. The molecule has 1 aliphatic heterocycles. The van der Waals surface area contributed by atoms with E-state index in [1.165, 1.54) is 36.4 Å². The number of ether oxygens (including phenoxy) is 1. The zero-order chi connectivity index (χ0) is 19.3. The van der Waals surface area contributed by atoms with Gasteiger partial charge in [-0.1, -0.05) is 42.5 Å². The minimum absolute atomic E-state index is 0.0305. The predicted molar refractivity (Wildman–Crippen MR) is 96.7 cm³/mol. The van der Waals surface area contributed by atoms with Crippen LogP contribution in [-0.4, -0.2) is 31.1 Å². The topological polar surface area (TPSA) is 67.4 Å². The average Bonchev–Trinajstić information content (AvgIpc) is 3.21. The molecule has 0 unspecified atom stereocenters. The van der Waals surface area contributed by atoms with Gasteiger partial charge in [0.25, 0.3) is 11.8 Å². The van der Waals surface area contributed by atoms with Crippen molar-refractivity contribution in [1.29, 1.82) is 0 Å². The largest absolute Gasteiger partial charge is 0.376 e. The molecule has 7 heteroatoms. The van der Waals surface area contributed by atoms with E-state index in [2.05, 4.69) is 10.6 Å². The van der Waals surface area contributed by atoms with Crippen LogP contribution in [0.3, 0.4) is 0 Å². The molecule has 2 aromatic carbocycles. The molecule has 0 aromatic heterocycles. The van der Waals surface area contributed by atoms with Gasteiger partial charge in [-0.05, 0) is 25.0 Å². The number of hydrogen-bond donors (Lipinski definition) is 2. The van der Waals surface area contributed by atoms with Crippen LogP contribution < -0.4 is 10.6 Å². The molecular formula is C20H20F2N2O3. The lowest BCUT2D eigenvalue weighted by atomic mass is 10.1.